The Morgan fingerprint density at radius 3 is 2.24 bits per heavy atom. The van der Waals surface area contributed by atoms with Crippen LogP contribution in [0.1, 0.15) is 50.8 Å². The van der Waals surface area contributed by atoms with E-state index in [2.05, 4.69) is 9.12 Å². The lowest BCUT2D eigenvalue weighted by atomic mass is 9.90. The average Bonchev–Trinajstić information content (AvgIpc) is 2.77. The van der Waals surface area contributed by atoms with Gasteiger partial charge in [0.15, 0.2) is 0 Å². The number of hydrogen-bond donors (Lipinski definition) is 1. The van der Waals surface area contributed by atoms with E-state index < -0.39 is 37.7 Å². The summed E-state index contributed by atoms with van der Waals surface area (Å²) in [5.41, 5.74) is 1.71. The number of hydrogen-bond acceptors (Lipinski definition) is 4. The zero-order chi connectivity index (χ0) is 24.6. The summed E-state index contributed by atoms with van der Waals surface area (Å²) in [6.07, 6.45) is 1.10. The van der Waals surface area contributed by atoms with Gasteiger partial charge in [0, 0.05) is 5.88 Å². The summed E-state index contributed by atoms with van der Waals surface area (Å²) in [5, 5.41) is 0. The van der Waals surface area contributed by atoms with E-state index >= 15 is 0 Å². The highest BCUT2D eigenvalue weighted by Gasteiger charge is 2.34. The Balaban J connectivity index is 2.58. The minimum Gasteiger partial charge on any atom is -0.483 e. The molecule has 3 atom stereocenters. The fourth-order valence-corrected chi connectivity index (χ4v) is 5.27. The molecule has 0 fully saturated rings. The Morgan fingerprint density at radius 1 is 1.12 bits per heavy atom. The van der Waals surface area contributed by atoms with E-state index in [0.29, 0.717) is 18.7 Å². The molecule has 9 heteroatoms. The number of methoxy groups -OCH3 is 1. The van der Waals surface area contributed by atoms with E-state index in [4.69, 9.17) is 16.3 Å². The van der Waals surface area contributed by atoms with Crippen LogP contribution in [0.15, 0.2) is 63.9 Å². The van der Waals surface area contributed by atoms with Crippen molar-refractivity contribution in [2.45, 2.75) is 56.2 Å². The third-order valence-electron chi connectivity index (χ3n) is 5.05. The largest absolute Gasteiger partial charge is 0.483 e. The summed E-state index contributed by atoms with van der Waals surface area (Å²) >= 11 is 5.99. The first-order valence-electron chi connectivity index (χ1n) is 10.7. The molecule has 0 radical (unpaired) electrons. The van der Waals surface area contributed by atoms with Gasteiger partial charge >= 0.3 is 0 Å². The fourth-order valence-electron chi connectivity index (χ4n) is 3.20. The van der Waals surface area contributed by atoms with Crippen LogP contribution in [-0.4, -0.2) is 36.3 Å². The predicted molar refractivity (Wildman–Crippen MR) is 136 cm³/mol. The molecule has 0 spiro atoms. The van der Waals surface area contributed by atoms with E-state index in [1.807, 2.05) is 58.0 Å². The summed E-state index contributed by atoms with van der Waals surface area (Å²) in [7, 11) is -3.98. The van der Waals surface area contributed by atoms with Crippen molar-refractivity contribution in [1.82, 2.24) is 4.72 Å². The first kappa shape index (κ1) is 27.5. The highest BCUT2D eigenvalue weighted by molar-refractivity contribution is 7.89. The van der Waals surface area contributed by atoms with Crippen LogP contribution in [0.25, 0.3) is 0 Å². The van der Waals surface area contributed by atoms with Crippen LogP contribution < -0.4 is 4.72 Å². The molecular formula is C24H33ClN2O4S2. The molecule has 0 aliphatic carbocycles. The maximum atomic E-state index is 13.3. The quantitative estimate of drug-likeness (QED) is 0.271. The van der Waals surface area contributed by atoms with Crippen molar-refractivity contribution in [3.05, 3.63) is 65.7 Å². The first-order chi connectivity index (χ1) is 15.5. The number of alkyl halides is 1. The van der Waals surface area contributed by atoms with Crippen LogP contribution in [0.3, 0.4) is 0 Å². The van der Waals surface area contributed by atoms with Crippen molar-refractivity contribution in [1.29, 1.82) is 0 Å². The second-order valence-electron chi connectivity index (χ2n) is 8.76. The number of rotatable bonds is 10. The molecule has 6 nitrogen and oxygen atoms in total. The topological polar surface area (TPSA) is 84.8 Å². The summed E-state index contributed by atoms with van der Waals surface area (Å²) in [5.74, 6) is 0.110. The van der Waals surface area contributed by atoms with E-state index in [9.17, 15) is 12.6 Å². The van der Waals surface area contributed by atoms with Crippen molar-refractivity contribution in [3.63, 3.8) is 0 Å². The third kappa shape index (κ3) is 7.91. The summed E-state index contributed by atoms with van der Waals surface area (Å²) in [6, 6.07) is 15.2. The molecule has 1 unspecified atom stereocenters. The molecule has 0 aliphatic heterocycles. The molecule has 0 amide bonds. The standard InChI is InChI=1S/C24H33ClN2O4S2/c1-18-13-15-20(16-14-18)33(29,30)27-22(19-10-7-6-8-11-19)21(12-9-17-25)23(31-5)26-32(28)24(2,3)4/h6-8,10-11,13-16,21-22,27H,9,12,17H2,1-5H3/b26-23-/t21-,22-,32?/m0/s1. The van der Waals surface area contributed by atoms with Gasteiger partial charge in [0.1, 0.15) is 11.0 Å². The summed E-state index contributed by atoms with van der Waals surface area (Å²) < 4.78 is 51.6. The van der Waals surface area contributed by atoms with Crippen LogP contribution in [-0.2, 0) is 25.7 Å². The number of nitrogens with zero attached hydrogens (tertiary/aromatic N) is 1. The van der Waals surface area contributed by atoms with Gasteiger partial charge in [0.25, 0.3) is 0 Å². The highest BCUT2D eigenvalue weighted by atomic mass is 35.5. The predicted octanol–water partition coefficient (Wildman–Crippen LogP) is 5.16. The van der Waals surface area contributed by atoms with Crippen molar-refractivity contribution >= 4 is 38.5 Å². The molecule has 0 bridgehead atoms. The molecule has 1 N–H and O–H groups in total. The van der Waals surface area contributed by atoms with Crippen molar-refractivity contribution in [3.8, 4) is 0 Å². The van der Waals surface area contributed by atoms with E-state index in [0.717, 1.165) is 11.1 Å². The molecule has 182 valence electrons. The average molecular weight is 513 g/mol. The fraction of sp³-hybridized carbons (Fsp3) is 0.458. The van der Waals surface area contributed by atoms with Crippen LogP contribution in [0.5, 0.6) is 0 Å². The zero-order valence-electron chi connectivity index (χ0n) is 19.7. The number of sulfonamides is 1. The molecule has 0 aliphatic rings. The lowest BCUT2D eigenvalue weighted by Crippen LogP contribution is -2.38. The van der Waals surface area contributed by atoms with Gasteiger partial charge in [-0.15, -0.1) is 11.6 Å². The molecule has 0 saturated carbocycles. The van der Waals surface area contributed by atoms with Crippen molar-refractivity contribution in [2.24, 2.45) is 10.3 Å². The molecule has 0 aromatic heterocycles. The highest BCUT2D eigenvalue weighted by Crippen LogP contribution is 2.31. The number of benzene rings is 2. The van der Waals surface area contributed by atoms with Gasteiger partial charge in [-0.2, -0.15) is 4.40 Å². The van der Waals surface area contributed by atoms with Gasteiger partial charge in [-0.05, 0) is 58.2 Å². The summed E-state index contributed by atoms with van der Waals surface area (Å²) in [6.45, 7) is 7.36. The third-order valence-corrected chi connectivity index (χ3v) is 8.16. The Kier molecular flexibility index (Phi) is 10.1. The molecular weight excluding hydrogens is 480 g/mol. The second-order valence-corrected chi connectivity index (χ2v) is 12.8. The smallest absolute Gasteiger partial charge is 0.241 e. The lowest BCUT2D eigenvalue weighted by molar-refractivity contribution is 0.332. The molecule has 0 heterocycles. The Labute approximate surface area is 205 Å². The maximum absolute atomic E-state index is 13.3. The van der Waals surface area contributed by atoms with Crippen LogP contribution in [0.4, 0.5) is 0 Å². The monoisotopic (exact) mass is 512 g/mol. The normalized spacial score (nSPS) is 15.6. The number of nitrogens with one attached hydrogen (secondary N) is 1. The molecule has 33 heavy (non-hydrogen) atoms. The maximum Gasteiger partial charge on any atom is 0.241 e. The minimum atomic E-state index is -3.86. The van der Waals surface area contributed by atoms with Crippen LogP contribution in [0.2, 0.25) is 0 Å². The van der Waals surface area contributed by atoms with E-state index in [1.54, 1.807) is 24.3 Å². The van der Waals surface area contributed by atoms with E-state index in [-0.39, 0.29) is 10.8 Å². The van der Waals surface area contributed by atoms with Gasteiger partial charge in [0.2, 0.25) is 15.9 Å². The first-order valence-corrected chi connectivity index (χ1v) is 13.9. The number of ether oxygens (including phenoxy) is 1. The molecule has 0 saturated heterocycles. The lowest BCUT2D eigenvalue weighted by Gasteiger charge is -2.29. The number of halogens is 1. The van der Waals surface area contributed by atoms with Gasteiger partial charge in [-0.25, -0.2) is 17.3 Å². The SMILES string of the molecule is CO/C(=N\S(=O)C(C)(C)C)[C@@H](CCCCl)[C@@H](NS(=O)(=O)c1ccc(C)cc1)c1ccccc1. The number of aryl methyl sites for hydroxylation is 1. The second kappa shape index (κ2) is 12.1. The van der Waals surface area contributed by atoms with Crippen molar-refractivity contribution < 1.29 is 17.4 Å². The Hall–Kier alpha value is -1.74. The molecule has 2 aromatic rings. The van der Waals surface area contributed by atoms with Gasteiger partial charge in [-0.3, -0.25) is 0 Å². The van der Waals surface area contributed by atoms with Crippen molar-refractivity contribution in [2.75, 3.05) is 13.0 Å². The van der Waals surface area contributed by atoms with E-state index in [1.165, 1.54) is 7.11 Å². The Bertz CT molecular complexity index is 1050. The van der Waals surface area contributed by atoms with Gasteiger partial charge < -0.3 is 4.74 Å². The van der Waals surface area contributed by atoms with Gasteiger partial charge in [-0.1, -0.05) is 48.0 Å². The Morgan fingerprint density at radius 2 is 1.73 bits per heavy atom. The molecule has 2 aromatic carbocycles. The zero-order valence-corrected chi connectivity index (χ0v) is 22.1. The van der Waals surface area contributed by atoms with Crippen LogP contribution >= 0.6 is 11.6 Å². The summed E-state index contributed by atoms with van der Waals surface area (Å²) in [4.78, 5) is 0.166. The molecule has 2 rings (SSSR count). The van der Waals surface area contributed by atoms with Gasteiger partial charge in [0.05, 0.1) is 28.7 Å². The minimum absolute atomic E-state index is 0.166. The van der Waals surface area contributed by atoms with Crippen LogP contribution in [0, 0.1) is 12.8 Å².